The van der Waals surface area contributed by atoms with Crippen molar-refractivity contribution in [2.45, 2.75) is 18.7 Å². The maximum absolute atomic E-state index is 12.2. The molecule has 0 unspecified atom stereocenters. The van der Waals surface area contributed by atoms with Crippen molar-refractivity contribution in [2.75, 3.05) is 4.72 Å². The van der Waals surface area contributed by atoms with Gasteiger partial charge in [0.25, 0.3) is 10.0 Å². The molecule has 0 radical (unpaired) electrons. The van der Waals surface area contributed by atoms with E-state index in [1.807, 2.05) is 6.92 Å². The summed E-state index contributed by atoms with van der Waals surface area (Å²) in [5, 5.41) is 6.38. The van der Waals surface area contributed by atoms with Gasteiger partial charge in [-0.3, -0.25) is 9.82 Å². The van der Waals surface area contributed by atoms with Crippen LogP contribution in [0.5, 0.6) is 0 Å². The first-order chi connectivity index (χ1) is 8.40. The number of aromatic nitrogens is 2. The molecule has 18 heavy (non-hydrogen) atoms. The first kappa shape index (κ1) is 13.1. The van der Waals surface area contributed by atoms with Crippen molar-refractivity contribution in [1.82, 2.24) is 10.2 Å². The Kier molecular flexibility index (Phi) is 3.45. The molecule has 0 spiro atoms. The Morgan fingerprint density at radius 3 is 2.61 bits per heavy atom. The van der Waals surface area contributed by atoms with Crippen LogP contribution in [0.3, 0.4) is 0 Å². The predicted octanol–water partition coefficient (Wildman–Crippen LogP) is 2.59. The fourth-order valence-corrected chi connectivity index (χ4v) is 3.74. The maximum Gasteiger partial charge on any atom is 0.264 e. The standard InChI is InChI=1S/C11H12BrN3O2S/c1-7-3-4-10(9(12)5-7)18(16,17)15-11-8(2)6-13-14-11/h3-6H,1-2H3,(H2,13,14,15). The molecule has 0 saturated heterocycles. The molecule has 0 aliphatic rings. The van der Waals surface area contributed by atoms with Crippen LogP contribution in [-0.2, 0) is 10.0 Å². The Balaban J connectivity index is 2.40. The quantitative estimate of drug-likeness (QED) is 0.908. The van der Waals surface area contributed by atoms with E-state index in [1.165, 1.54) is 0 Å². The van der Waals surface area contributed by atoms with E-state index in [1.54, 1.807) is 31.3 Å². The molecule has 0 bridgehead atoms. The Labute approximate surface area is 114 Å². The lowest BCUT2D eigenvalue weighted by molar-refractivity contribution is 0.600. The van der Waals surface area contributed by atoms with Gasteiger partial charge in [0, 0.05) is 10.0 Å². The van der Waals surface area contributed by atoms with Crippen molar-refractivity contribution in [3.8, 4) is 0 Å². The van der Waals surface area contributed by atoms with Gasteiger partial charge in [0.2, 0.25) is 0 Å². The number of H-pyrrole nitrogens is 1. The molecule has 0 amide bonds. The predicted molar refractivity (Wildman–Crippen MR) is 73.0 cm³/mol. The summed E-state index contributed by atoms with van der Waals surface area (Å²) in [5.41, 5.74) is 1.72. The topological polar surface area (TPSA) is 74.8 Å². The molecule has 2 N–H and O–H groups in total. The molecular weight excluding hydrogens is 318 g/mol. The number of benzene rings is 1. The summed E-state index contributed by atoms with van der Waals surface area (Å²) >= 11 is 3.26. The third kappa shape index (κ3) is 2.56. The largest absolute Gasteiger partial charge is 0.264 e. The minimum Gasteiger partial charge on any atom is -0.263 e. The van der Waals surface area contributed by atoms with Crippen LogP contribution in [0.4, 0.5) is 5.82 Å². The molecule has 5 nitrogen and oxygen atoms in total. The molecule has 1 aromatic carbocycles. The second-order valence-electron chi connectivity index (χ2n) is 3.97. The molecule has 0 saturated carbocycles. The number of sulfonamides is 1. The van der Waals surface area contributed by atoms with Gasteiger partial charge in [-0.15, -0.1) is 0 Å². The first-order valence-corrected chi connectivity index (χ1v) is 7.47. The lowest BCUT2D eigenvalue weighted by atomic mass is 10.2. The van der Waals surface area contributed by atoms with Crippen molar-refractivity contribution in [2.24, 2.45) is 0 Å². The van der Waals surface area contributed by atoms with Crippen LogP contribution < -0.4 is 4.72 Å². The molecule has 0 aliphatic heterocycles. The van der Waals surface area contributed by atoms with E-state index in [-0.39, 0.29) is 4.90 Å². The van der Waals surface area contributed by atoms with Crippen molar-refractivity contribution in [1.29, 1.82) is 0 Å². The number of nitrogens with one attached hydrogen (secondary N) is 2. The van der Waals surface area contributed by atoms with Gasteiger partial charge in [-0.05, 0) is 47.5 Å². The number of rotatable bonds is 3. The van der Waals surface area contributed by atoms with Gasteiger partial charge >= 0.3 is 0 Å². The second kappa shape index (κ2) is 4.74. The molecule has 96 valence electrons. The van der Waals surface area contributed by atoms with Crippen LogP contribution >= 0.6 is 15.9 Å². The summed E-state index contributed by atoms with van der Waals surface area (Å²) in [5.74, 6) is 0.377. The summed E-state index contributed by atoms with van der Waals surface area (Å²) in [6.45, 7) is 3.67. The van der Waals surface area contributed by atoms with Crippen molar-refractivity contribution in [3.05, 3.63) is 40.0 Å². The monoisotopic (exact) mass is 329 g/mol. The molecule has 1 heterocycles. The average molecular weight is 330 g/mol. The summed E-state index contributed by atoms with van der Waals surface area (Å²) in [6, 6.07) is 5.07. The fraction of sp³-hybridized carbons (Fsp3) is 0.182. The lowest BCUT2D eigenvalue weighted by Crippen LogP contribution is -2.14. The number of anilines is 1. The van der Waals surface area contributed by atoms with Crippen LogP contribution in [0.2, 0.25) is 0 Å². The van der Waals surface area contributed by atoms with Crippen LogP contribution in [0.15, 0.2) is 33.8 Å². The molecule has 7 heteroatoms. The minimum atomic E-state index is -3.62. The number of hydrogen-bond acceptors (Lipinski definition) is 3. The third-order valence-corrected chi connectivity index (χ3v) is 4.77. The second-order valence-corrected chi connectivity index (χ2v) is 6.47. The van der Waals surface area contributed by atoms with E-state index < -0.39 is 10.0 Å². The zero-order chi connectivity index (χ0) is 13.3. The van der Waals surface area contributed by atoms with Crippen LogP contribution in [0, 0.1) is 13.8 Å². The van der Waals surface area contributed by atoms with Crippen molar-refractivity contribution >= 4 is 31.8 Å². The summed E-state index contributed by atoms with van der Waals surface area (Å²) < 4.78 is 27.4. The number of nitrogens with zero attached hydrogens (tertiary/aromatic N) is 1. The molecule has 0 aliphatic carbocycles. The van der Waals surface area contributed by atoms with Gasteiger partial charge < -0.3 is 0 Å². The highest BCUT2D eigenvalue weighted by atomic mass is 79.9. The van der Waals surface area contributed by atoms with Crippen molar-refractivity contribution in [3.63, 3.8) is 0 Å². The zero-order valence-corrected chi connectivity index (χ0v) is 12.3. The molecule has 2 aromatic rings. The fourth-order valence-electron chi connectivity index (χ4n) is 1.46. The van der Waals surface area contributed by atoms with Gasteiger partial charge in [-0.2, -0.15) is 5.10 Å². The van der Waals surface area contributed by atoms with E-state index in [2.05, 4.69) is 30.8 Å². The first-order valence-electron chi connectivity index (χ1n) is 5.19. The van der Waals surface area contributed by atoms with Crippen LogP contribution in [0.25, 0.3) is 0 Å². The average Bonchev–Trinajstić information content (AvgIpc) is 2.63. The van der Waals surface area contributed by atoms with E-state index in [9.17, 15) is 8.42 Å². The summed E-state index contributed by atoms with van der Waals surface area (Å²) in [7, 11) is -3.62. The maximum atomic E-state index is 12.2. The van der Waals surface area contributed by atoms with E-state index in [4.69, 9.17) is 0 Å². The van der Waals surface area contributed by atoms with E-state index >= 15 is 0 Å². The van der Waals surface area contributed by atoms with Gasteiger partial charge in [0.05, 0.1) is 6.20 Å². The van der Waals surface area contributed by atoms with Crippen LogP contribution in [0.1, 0.15) is 11.1 Å². The lowest BCUT2D eigenvalue weighted by Gasteiger charge is -2.09. The van der Waals surface area contributed by atoms with Gasteiger partial charge in [0.1, 0.15) is 10.7 Å². The molecule has 0 atom stereocenters. The zero-order valence-electron chi connectivity index (χ0n) is 9.86. The number of aryl methyl sites for hydroxylation is 2. The Morgan fingerprint density at radius 2 is 2.06 bits per heavy atom. The van der Waals surface area contributed by atoms with Crippen molar-refractivity contribution < 1.29 is 8.42 Å². The molecular formula is C11H12BrN3O2S. The molecule has 1 aromatic heterocycles. The van der Waals surface area contributed by atoms with Crippen LogP contribution in [-0.4, -0.2) is 18.6 Å². The Morgan fingerprint density at radius 1 is 1.33 bits per heavy atom. The normalized spacial score (nSPS) is 11.5. The Hall–Kier alpha value is -1.34. The van der Waals surface area contributed by atoms with Gasteiger partial charge in [-0.1, -0.05) is 6.07 Å². The summed E-state index contributed by atoms with van der Waals surface area (Å²) in [6.07, 6.45) is 1.56. The number of aromatic amines is 1. The van der Waals surface area contributed by atoms with E-state index in [0.717, 1.165) is 11.1 Å². The summed E-state index contributed by atoms with van der Waals surface area (Å²) in [4.78, 5) is 0.196. The molecule has 0 fully saturated rings. The minimum absolute atomic E-state index is 0.196. The smallest absolute Gasteiger partial charge is 0.263 e. The van der Waals surface area contributed by atoms with Gasteiger partial charge in [0.15, 0.2) is 0 Å². The van der Waals surface area contributed by atoms with E-state index in [0.29, 0.717) is 10.3 Å². The molecule has 2 rings (SSSR count). The Bertz CT molecular complexity index is 679. The third-order valence-electron chi connectivity index (χ3n) is 2.44. The SMILES string of the molecule is Cc1ccc(S(=O)(=O)Nc2[nH]ncc2C)c(Br)c1. The highest BCUT2D eigenvalue weighted by Gasteiger charge is 2.19. The van der Waals surface area contributed by atoms with Gasteiger partial charge in [-0.25, -0.2) is 8.42 Å². The number of hydrogen-bond donors (Lipinski definition) is 2. The highest BCUT2D eigenvalue weighted by Crippen LogP contribution is 2.25. The number of halogens is 1. The highest BCUT2D eigenvalue weighted by molar-refractivity contribution is 9.10.